The third kappa shape index (κ3) is 7.32. The van der Waals surface area contributed by atoms with Crippen LogP contribution in [0.1, 0.15) is 51.9 Å². The van der Waals surface area contributed by atoms with Crippen molar-refractivity contribution in [2.45, 2.75) is 58.0 Å². The summed E-state index contributed by atoms with van der Waals surface area (Å²) in [4.78, 5) is 11.7. The van der Waals surface area contributed by atoms with Crippen molar-refractivity contribution in [2.24, 2.45) is 0 Å². The molecule has 0 aromatic rings. The Morgan fingerprint density at radius 1 is 1.40 bits per heavy atom. The number of carbonyl (C=O) groups excluding carboxylic acids is 1. The molecule has 2 heteroatoms. The largest absolute Gasteiger partial charge is 0.374 e. The Hall–Kier alpha value is -0.630. The third-order valence-corrected chi connectivity index (χ3v) is 2.53. The molecule has 88 valence electrons. The van der Waals surface area contributed by atoms with E-state index in [1.54, 1.807) is 7.11 Å². The summed E-state index contributed by atoms with van der Waals surface area (Å²) in [6, 6.07) is 0. The zero-order valence-electron chi connectivity index (χ0n) is 10.1. The van der Waals surface area contributed by atoms with Gasteiger partial charge in [-0.05, 0) is 25.7 Å². The Balaban J connectivity index is 3.57. The fraction of sp³-hybridized carbons (Fsp3) is 0.769. The minimum absolute atomic E-state index is 0.172. The number of Topliss-reactive ketones (excluding diaryl/α,β-unsaturated/α-hetero) is 1. The zero-order valence-corrected chi connectivity index (χ0v) is 10.1. The third-order valence-electron chi connectivity index (χ3n) is 2.53. The van der Waals surface area contributed by atoms with Crippen molar-refractivity contribution in [2.75, 3.05) is 7.11 Å². The second-order valence-electron chi connectivity index (χ2n) is 3.87. The maximum atomic E-state index is 11.7. The lowest BCUT2D eigenvalue weighted by Crippen LogP contribution is -2.22. The van der Waals surface area contributed by atoms with Crippen LogP contribution < -0.4 is 0 Å². The van der Waals surface area contributed by atoms with Crippen LogP contribution in [-0.4, -0.2) is 19.0 Å². The zero-order chi connectivity index (χ0) is 11.5. The summed E-state index contributed by atoms with van der Waals surface area (Å²) in [6.45, 7) is 5.75. The van der Waals surface area contributed by atoms with E-state index < -0.39 is 0 Å². The van der Waals surface area contributed by atoms with Gasteiger partial charge in [0.05, 0.1) is 0 Å². The number of methoxy groups -OCH3 is 1. The lowest BCUT2D eigenvalue weighted by atomic mass is 10.0. The van der Waals surface area contributed by atoms with Crippen molar-refractivity contribution >= 4 is 5.78 Å². The molecule has 0 aromatic heterocycles. The van der Waals surface area contributed by atoms with E-state index in [1.165, 1.54) is 0 Å². The predicted molar refractivity (Wildman–Crippen MR) is 64.0 cm³/mol. The molecule has 15 heavy (non-hydrogen) atoms. The first-order valence-corrected chi connectivity index (χ1v) is 5.92. The number of carbonyl (C=O) groups is 1. The van der Waals surface area contributed by atoms with E-state index in [0.717, 1.165) is 38.5 Å². The maximum Gasteiger partial charge on any atom is 0.161 e. The second-order valence-corrected chi connectivity index (χ2v) is 3.87. The van der Waals surface area contributed by atoms with Gasteiger partial charge in [-0.3, -0.25) is 4.79 Å². The van der Waals surface area contributed by atoms with Gasteiger partial charge in [0.1, 0.15) is 6.10 Å². The van der Waals surface area contributed by atoms with E-state index in [1.807, 2.05) is 6.08 Å². The summed E-state index contributed by atoms with van der Waals surface area (Å²) in [5.74, 6) is 0.262. The van der Waals surface area contributed by atoms with Gasteiger partial charge in [-0.25, -0.2) is 0 Å². The van der Waals surface area contributed by atoms with Gasteiger partial charge in [0.25, 0.3) is 0 Å². The van der Waals surface area contributed by atoms with E-state index in [0.29, 0.717) is 6.42 Å². The Morgan fingerprint density at radius 2 is 2.13 bits per heavy atom. The SMILES string of the molecule is C=CCCCCCC(=O)C(CCC)OC. The highest BCUT2D eigenvalue weighted by Gasteiger charge is 2.15. The lowest BCUT2D eigenvalue weighted by molar-refractivity contribution is -0.129. The van der Waals surface area contributed by atoms with Crippen LogP contribution in [0, 0.1) is 0 Å². The van der Waals surface area contributed by atoms with Crippen molar-refractivity contribution < 1.29 is 9.53 Å². The van der Waals surface area contributed by atoms with Gasteiger partial charge in [0, 0.05) is 13.5 Å². The normalized spacial score (nSPS) is 12.4. The first-order chi connectivity index (χ1) is 7.26. The van der Waals surface area contributed by atoms with Crippen LogP contribution in [0.25, 0.3) is 0 Å². The monoisotopic (exact) mass is 212 g/mol. The fourth-order valence-electron chi connectivity index (χ4n) is 1.60. The maximum absolute atomic E-state index is 11.7. The molecule has 0 rings (SSSR count). The predicted octanol–water partition coefficient (Wildman–Crippen LogP) is 3.51. The van der Waals surface area contributed by atoms with E-state index >= 15 is 0 Å². The molecule has 0 aliphatic carbocycles. The number of hydrogen-bond acceptors (Lipinski definition) is 2. The summed E-state index contributed by atoms with van der Waals surface area (Å²) >= 11 is 0. The van der Waals surface area contributed by atoms with Crippen molar-refractivity contribution in [1.29, 1.82) is 0 Å². The van der Waals surface area contributed by atoms with Gasteiger partial charge in [0.2, 0.25) is 0 Å². The Morgan fingerprint density at radius 3 is 2.67 bits per heavy atom. The van der Waals surface area contributed by atoms with Gasteiger partial charge in [-0.1, -0.05) is 25.8 Å². The van der Waals surface area contributed by atoms with Crippen molar-refractivity contribution in [1.82, 2.24) is 0 Å². The number of rotatable bonds is 10. The number of allylic oxidation sites excluding steroid dienone is 1. The van der Waals surface area contributed by atoms with Gasteiger partial charge < -0.3 is 4.74 Å². The molecule has 0 radical (unpaired) electrons. The molecule has 0 saturated heterocycles. The summed E-state index contributed by atoms with van der Waals surface area (Å²) in [7, 11) is 1.62. The van der Waals surface area contributed by atoms with Gasteiger partial charge in [-0.2, -0.15) is 0 Å². The molecule has 0 aliphatic rings. The standard InChI is InChI=1S/C13H24O2/c1-4-6-7-8-9-11-12(14)13(15-3)10-5-2/h4,13H,1,5-11H2,2-3H3. The highest BCUT2D eigenvalue weighted by molar-refractivity contribution is 5.82. The van der Waals surface area contributed by atoms with Crippen LogP contribution in [0.3, 0.4) is 0 Å². The summed E-state index contributed by atoms with van der Waals surface area (Å²) in [5, 5.41) is 0. The minimum atomic E-state index is -0.172. The summed E-state index contributed by atoms with van der Waals surface area (Å²) < 4.78 is 5.16. The quantitative estimate of drug-likeness (QED) is 0.409. The van der Waals surface area contributed by atoms with Crippen LogP contribution in [0.2, 0.25) is 0 Å². The van der Waals surface area contributed by atoms with Crippen molar-refractivity contribution in [3.05, 3.63) is 12.7 Å². The molecule has 0 bridgehead atoms. The molecular weight excluding hydrogens is 188 g/mol. The minimum Gasteiger partial charge on any atom is -0.374 e. The smallest absolute Gasteiger partial charge is 0.161 e. The molecule has 0 spiro atoms. The Labute approximate surface area is 93.7 Å². The topological polar surface area (TPSA) is 26.3 Å². The number of ketones is 1. The average molecular weight is 212 g/mol. The fourth-order valence-corrected chi connectivity index (χ4v) is 1.60. The summed E-state index contributed by atoms with van der Waals surface area (Å²) in [6.07, 6.45) is 8.56. The van der Waals surface area contributed by atoms with Crippen LogP contribution in [0.15, 0.2) is 12.7 Å². The van der Waals surface area contributed by atoms with Gasteiger partial charge >= 0.3 is 0 Å². The number of ether oxygens (including phenoxy) is 1. The van der Waals surface area contributed by atoms with Crippen LogP contribution in [0.4, 0.5) is 0 Å². The molecule has 0 saturated carbocycles. The molecule has 0 aromatic carbocycles. The molecule has 1 atom stereocenters. The Bertz CT molecular complexity index is 175. The molecule has 0 amide bonds. The molecule has 0 aliphatic heterocycles. The number of hydrogen-bond donors (Lipinski definition) is 0. The highest BCUT2D eigenvalue weighted by atomic mass is 16.5. The average Bonchev–Trinajstić information content (AvgIpc) is 2.25. The van der Waals surface area contributed by atoms with Crippen molar-refractivity contribution in [3.63, 3.8) is 0 Å². The highest BCUT2D eigenvalue weighted by Crippen LogP contribution is 2.09. The molecule has 1 unspecified atom stereocenters. The van der Waals surface area contributed by atoms with E-state index in [2.05, 4.69) is 13.5 Å². The number of unbranched alkanes of at least 4 members (excludes halogenated alkanes) is 3. The second kappa shape index (κ2) is 9.91. The molecular formula is C13H24O2. The first kappa shape index (κ1) is 14.4. The van der Waals surface area contributed by atoms with E-state index in [4.69, 9.17) is 4.74 Å². The molecule has 2 nitrogen and oxygen atoms in total. The molecule has 0 fully saturated rings. The van der Waals surface area contributed by atoms with E-state index in [-0.39, 0.29) is 11.9 Å². The Kier molecular flexibility index (Phi) is 9.49. The molecule has 0 heterocycles. The van der Waals surface area contributed by atoms with Crippen LogP contribution in [0.5, 0.6) is 0 Å². The summed E-state index contributed by atoms with van der Waals surface area (Å²) in [5.41, 5.74) is 0. The lowest BCUT2D eigenvalue weighted by Gasteiger charge is -2.12. The molecule has 0 N–H and O–H groups in total. The van der Waals surface area contributed by atoms with Gasteiger partial charge in [-0.15, -0.1) is 6.58 Å². The van der Waals surface area contributed by atoms with E-state index in [9.17, 15) is 4.79 Å². The van der Waals surface area contributed by atoms with Crippen molar-refractivity contribution in [3.8, 4) is 0 Å². The van der Waals surface area contributed by atoms with Gasteiger partial charge in [0.15, 0.2) is 5.78 Å². The first-order valence-electron chi connectivity index (χ1n) is 5.92. The van der Waals surface area contributed by atoms with Crippen LogP contribution in [-0.2, 0) is 9.53 Å². The van der Waals surface area contributed by atoms with Crippen LogP contribution >= 0.6 is 0 Å².